The third-order valence-electron chi connectivity index (χ3n) is 4.64. The highest BCUT2D eigenvalue weighted by atomic mass is 32.2. The highest BCUT2D eigenvalue weighted by Gasteiger charge is 2.20. The van der Waals surface area contributed by atoms with Crippen LogP contribution in [0.3, 0.4) is 0 Å². The first-order chi connectivity index (χ1) is 15.9. The highest BCUT2D eigenvalue weighted by molar-refractivity contribution is 7.99. The number of nitrogens with zero attached hydrogens (tertiary/aromatic N) is 4. The molecule has 12 heteroatoms. The maximum absolute atomic E-state index is 14.5. The van der Waals surface area contributed by atoms with Gasteiger partial charge in [-0.25, -0.2) is 9.37 Å². The zero-order chi connectivity index (χ0) is 24.0. The third kappa shape index (κ3) is 6.14. The summed E-state index contributed by atoms with van der Waals surface area (Å²) in [6.07, 6.45) is 1.73. The molecule has 0 atom stereocenters. The second-order valence-corrected chi connectivity index (χ2v) is 8.66. The number of thioether (sulfide) groups is 1. The summed E-state index contributed by atoms with van der Waals surface area (Å²) >= 11 is 1.07. The summed E-state index contributed by atoms with van der Waals surface area (Å²) in [5, 5.41) is 7.52. The maximum atomic E-state index is 14.5. The van der Waals surface area contributed by atoms with Crippen LogP contribution in [0.15, 0.2) is 35.6 Å². The van der Waals surface area contributed by atoms with Gasteiger partial charge < -0.3 is 14.8 Å². The monoisotopic (exact) mass is 495 g/mol. The average molecular weight is 496 g/mol. The molecule has 0 bridgehead atoms. The van der Waals surface area contributed by atoms with E-state index in [-0.39, 0.29) is 41.7 Å². The minimum atomic E-state index is -0.407. The van der Waals surface area contributed by atoms with Crippen molar-refractivity contribution < 1.29 is 22.5 Å². The lowest BCUT2D eigenvalue weighted by molar-refractivity contribution is -0.140. The van der Waals surface area contributed by atoms with Crippen molar-refractivity contribution in [2.75, 3.05) is 25.3 Å². The molecule has 0 aliphatic carbocycles. The Hall–Kier alpha value is -2.86. The minimum Gasteiger partial charge on any atom is -0.481 e. The first-order valence-corrected chi connectivity index (χ1v) is 11.6. The summed E-state index contributed by atoms with van der Waals surface area (Å²) in [7, 11) is 2.81. The fourth-order valence-corrected chi connectivity index (χ4v) is 4.10. The van der Waals surface area contributed by atoms with Crippen LogP contribution in [0.1, 0.15) is 31.7 Å². The van der Waals surface area contributed by atoms with Crippen molar-refractivity contribution in [3.63, 3.8) is 0 Å². The summed E-state index contributed by atoms with van der Waals surface area (Å²) in [4.78, 5) is 19.8. The molecule has 0 aliphatic rings. The van der Waals surface area contributed by atoms with Crippen LogP contribution in [0.2, 0.25) is 0 Å². The molecule has 0 radical (unpaired) electrons. The second kappa shape index (κ2) is 11.3. The SMILES string of the molecule is COC(=O)CCSc1nc(Nc2c(-c3ccnc(OC)c3)cc(F)cc2C(C)C)n(SF)n1. The predicted octanol–water partition coefficient (Wildman–Crippen LogP) is 5.39. The van der Waals surface area contributed by atoms with E-state index in [2.05, 4.69) is 25.1 Å². The Morgan fingerprint density at radius 2 is 2.06 bits per heavy atom. The molecule has 1 N–H and O–H groups in total. The van der Waals surface area contributed by atoms with Gasteiger partial charge in [0.15, 0.2) is 12.3 Å². The molecule has 3 rings (SSSR count). The first kappa shape index (κ1) is 24.8. The van der Waals surface area contributed by atoms with Crippen LogP contribution in [0.4, 0.5) is 19.9 Å². The number of esters is 1. The molecule has 0 spiro atoms. The number of aromatic nitrogens is 4. The molecule has 0 saturated carbocycles. The van der Waals surface area contributed by atoms with E-state index in [1.54, 1.807) is 18.3 Å². The Labute approximate surface area is 198 Å². The minimum absolute atomic E-state index is 0.0472. The molecule has 0 saturated heterocycles. The van der Waals surface area contributed by atoms with E-state index in [0.717, 1.165) is 4.09 Å². The van der Waals surface area contributed by atoms with Gasteiger partial charge in [-0.15, -0.1) is 13.1 Å². The quantitative estimate of drug-likeness (QED) is 0.294. The number of ether oxygens (including phenoxy) is 2. The van der Waals surface area contributed by atoms with Crippen molar-refractivity contribution in [3.05, 3.63) is 41.8 Å². The summed E-state index contributed by atoms with van der Waals surface area (Å²) in [5.41, 5.74) is 2.45. The highest BCUT2D eigenvalue weighted by Crippen LogP contribution is 2.39. The molecule has 2 heterocycles. The van der Waals surface area contributed by atoms with Gasteiger partial charge in [-0.3, -0.25) is 4.79 Å². The average Bonchev–Trinajstić information content (AvgIpc) is 3.21. The van der Waals surface area contributed by atoms with Gasteiger partial charge >= 0.3 is 5.97 Å². The van der Waals surface area contributed by atoms with Crippen LogP contribution in [0.25, 0.3) is 11.1 Å². The number of methoxy groups -OCH3 is 2. The van der Waals surface area contributed by atoms with Crippen LogP contribution in [-0.2, 0) is 9.53 Å². The van der Waals surface area contributed by atoms with E-state index in [1.165, 1.54) is 38.1 Å². The first-order valence-electron chi connectivity index (χ1n) is 9.92. The molecule has 0 unspecified atom stereocenters. The van der Waals surface area contributed by atoms with Gasteiger partial charge in [0, 0.05) is 23.6 Å². The van der Waals surface area contributed by atoms with Crippen molar-refractivity contribution in [3.8, 4) is 17.0 Å². The van der Waals surface area contributed by atoms with E-state index in [0.29, 0.717) is 34.0 Å². The number of hydrogen-bond donors (Lipinski definition) is 1. The smallest absolute Gasteiger partial charge is 0.306 e. The molecule has 0 aliphatic heterocycles. The molecule has 1 aromatic carbocycles. The lowest BCUT2D eigenvalue weighted by atomic mass is 9.94. The molecule has 2 aromatic heterocycles. The number of carbonyl (C=O) groups excluding carboxylic acids is 1. The molecule has 176 valence electrons. The maximum Gasteiger partial charge on any atom is 0.306 e. The van der Waals surface area contributed by atoms with Crippen molar-refractivity contribution in [2.45, 2.75) is 31.3 Å². The van der Waals surface area contributed by atoms with E-state index in [9.17, 15) is 13.1 Å². The van der Waals surface area contributed by atoms with Gasteiger partial charge in [-0.2, -0.15) is 4.98 Å². The lowest BCUT2D eigenvalue weighted by Gasteiger charge is -2.19. The van der Waals surface area contributed by atoms with Crippen molar-refractivity contribution >= 4 is 41.7 Å². The predicted molar refractivity (Wildman–Crippen MR) is 125 cm³/mol. The summed E-state index contributed by atoms with van der Waals surface area (Å²) in [6, 6.07) is 6.24. The summed E-state index contributed by atoms with van der Waals surface area (Å²) in [6.45, 7) is 3.86. The Morgan fingerprint density at radius 1 is 1.27 bits per heavy atom. The van der Waals surface area contributed by atoms with Gasteiger partial charge in [0.25, 0.3) is 0 Å². The lowest BCUT2D eigenvalue weighted by Crippen LogP contribution is -2.05. The second-order valence-electron chi connectivity index (χ2n) is 7.12. The number of hydrogen-bond acceptors (Lipinski definition) is 9. The number of carbonyl (C=O) groups is 1. The number of anilines is 2. The van der Waals surface area contributed by atoms with E-state index >= 15 is 0 Å². The molecule has 3 aromatic rings. The van der Waals surface area contributed by atoms with Gasteiger partial charge in [-0.1, -0.05) is 25.6 Å². The van der Waals surface area contributed by atoms with Crippen molar-refractivity contribution in [1.29, 1.82) is 0 Å². The van der Waals surface area contributed by atoms with Crippen LogP contribution in [-0.4, -0.2) is 45.1 Å². The fraction of sp³-hybridized carbons (Fsp3) is 0.333. The molecular formula is C21H23F2N5O3S2. The van der Waals surface area contributed by atoms with E-state index in [4.69, 9.17) is 4.74 Å². The standard InChI is InChI=1S/C21H23F2N5O3S2/c1-12(2)15-10-14(22)11-16(13-5-7-24-17(9-13)30-3)19(15)25-20-26-21(27-28(20)33-23)32-8-6-18(29)31-4/h5,7,9-12H,6,8H2,1-4H3,(H,25,26,27). The van der Waals surface area contributed by atoms with Gasteiger partial charge in [-0.05, 0) is 35.2 Å². The van der Waals surface area contributed by atoms with E-state index in [1.807, 2.05) is 13.8 Å². The zero-order valence-electron chi connectivity index (χ0n) is 18.5. The van der Waals surface area contributed by atoms with Crippen molar-refractivity contribution in [1.82, 2.24) is 19.2 Å². The number of pyridine rings is 1. The third-order valence-corrected chi connectivity index (χ3v) is 5.86. The van der Waals surface area contributed by atoms with Gasteiger partial charge in [0.2, 0.25) is 17.0 Å². The number of nitrogens with one attached hydrogen (secondary N) is 1. The van der Waals surface area contributed by atoms with Crippen molar-refractivity contribution in [2.24, 2.45) is 0 Å². The Balaban J connectivity index is 2.01. The van der Waals surface area contributed by atoms with Crippen LogP contribution < -0.4 is 10.1 Å². The van der Waals surface area contributed by atoms with Gasteiger partial charge in [0.05, 0.1) is 26.3 Å². The van der Waals surface area contributed by atoms with Gasteiger partial charge in [0.1, 0.15) is 5.82 Å². The molecule has 8 nitrogen and oxygen atoms in total. The van der Waals surface area contributed by atoms with Crippen LogP contribution in [0.5, 0.6) is 5.88 Å². The molecule has 33 heavy (non-hydrogen) atoms. The summed E-state index contributed by atoms with van der Waals surface area (Å²) in [5.74, 6) is 0.0671. The normalized spacial score (nSPS) is 11.0. The number of benzene rings is 1. The molecule has 0 fully saturated rings. The Morgan fingerprint density at radius 3 is 2.73 bits per heavy atom. The molecular weight excluding hydrogens is 472 g/mol. The Kier molecular flexibility index (Phi) is 8.50. The largest absolute Gasteiger partial charge is 0.481 e. The Bertz CT molecular complexity index is 1130. The number of rotatable bonds is 10. The topological polar surface area (TPSA) is 91.2 Å². The van der Waals surface area contributed by atoms with Crippen LogP contribution >= 0.6 is 24.1 Å². The number of halogens is 2. The molecule has 0 amide bonds. The van der Waals surface area contributed by atoms with E-state index < -0.39 is 5.82 Å². The fourth-order valence-electron chi connectivity index (χ4n) is 3.04. The zero-order valence-corrected chi connectivity index (χ0v) is 20.1. The van der Waals surface area contributed by atoms with Crippen LogP contribution in [0, 0.1) is 5.82 Å². The summed E-state index contributed by atoms with van der Waals surface area (Å²) < 4.78 is 39.0.